The highest BCUT2D eigenvalue weighted by Gasteiger charge is 2.19. The highest BCUT2D eigenvalue weighted by molar-refractivity contribution is 6.39. The van der Waals surface area contributed by atoms with E-state index < -0.39 is 19.2 Å². The number of carbonyl (C=O) groups excluding carboxylic acids is 2. The van der Waals surface area contributed by atoms with Crippen LogP contribution in [0.1, 0.15) is 21.7 Å². The number of H-pyrrole nitrogens is 1. The summed E-state index contributed by atoms with van der Waals surface area (Å²) >= 11 is 12.5. The van der Waals surface area contributed by atoms with Crippen LogP contribution in [0.25, 0.3) is 21.8 Å². The summed E-state index contributed by atoms with van der Waals surface area (Å²) in [6, 6.07) is 12.6. The maximum atomic E-state index is 12.6. The predicted molar refractivity (Wildman–Crippen MR) is 120 cm³/mol. The lowest BCUT2D eigenvalue weighted by molar-refractivity contribution is -0.144. The van der Waals surface area contributed by atoms with Gasteiger partial charge in [0.15, 0.2) is 19.0 Å². The first kappa shape index (κ1) is 21.2. The van der Waals surface area contributed by atoms with Crippen LogP contribution >= 0.6 is 23.2 Å². The van der Waals surface area contributed by atoms with Crippen molar-refractivity contribution < 1.29 is 19.1 Å². The van der Waals surface area contributed by atoms with Crippen LogP contribution in [0.4, 0.5) is 0 Å². The normalized spacial score (nSPS) is 11.1. The third-order valence-corrected chi connectivity index (χ3v) is 5.44. The molecule has 4 rings (SSSR count). The van der Waals surface area contributed by atoms with E-state index in [-0.39, 0.29) is 16.6 Å². The minimum absolute atomic E-state index is 0.230. The number of fused-ring (bicyclic) bond motifs is 2. The van der Waals surface area contributed by atoms with Gasteiger partial charge in [0.1, 0.15) is 5.52 Å². The van der Waals surface area contributed by atoms with E-state index in [9.17, 15) is 9.59 Å². The summed E-state index contributed by atoms with van der Waals surface area (Å²) in [4.78, 5) is 32.4. The van der Waals surface area contributed by atoms with Crippen LogP contribution in [0.2, 0.25) is 10.0 Å². The molecule has 2 aromatic heterocycles. The Morgan fingerprint density at radius 3 is 2.58 bits per heavy atom. The van der Waals surface area contributed by atoms with E-state index in [1.54, 1.807) is 6.92 Å². The van der Waals surface area contributed by atoms with Crippen molar-refractivity contribution in [1.29, 1.82) is 0 Å². The second-order valence-electron chi connectivity index (χ2n) is 7.06. The molecular weight excluding hydrogens is 439 g/mol. The minimum atomic E-state index is -0.697. The highest BCUT2D eigenvalue weighted by atomic mass is 35.5. The highest BCUT2D eigenvalue weighted by Crippen LogP contribution is 2.37. The standard InChI is InChI=1S/C23H18Cl2N2O4/c1-12-7-8-14-16(24)9-17(25)23(22(14)26-12)31-11-20(29)30-10-19(28)21-13(2)27-18-6-4-3-5-15(18)21/h3-9,27H,10-11H2,1-2H3. The molecule has 8 heteroatoms. The summed E-state index contributed by atoms with van der Waals surface area (Å²) in [6.07, 6.45) is 0. The smallest absolute Gasteiger partial charge is 0.344 e. The topological polar surface area (TPSA) is 81.3 Å². The average molecular weight is 457 g/mol. The van der Waals surface area contributed by atoms with E-state index in [2.05, 4.69) is 9.97 Å². The second-order valence-corrected chi connectivity index (χ2v) is 7.88. The van der Waals surface area contributed by atoms with Gasteiger partial charge in [-0.2, -0.15) is 0 Å². The Labute approximate surface area is 188 Å². The zero-order valence-corrected chi connectivity index (χ0v) is 18.3. The summed E-state index contributed by atoms with van der Waals surface area (Å²) < 4.78 is 10.7. The van der Waals surface area contributed by atoms with Gasteiger partial charge in [-0.3, -0.25) is 4.79 Å². The van der Waals surface area contributed by atoms with Crippen molar-refractivity contribution in [2.45, 2.75) is 13.8 Å². The number of aromatic amines is 1. The average Bonchev–Trinajstić information content (AvgIpc) is 3.07. The van der Waals surface area contributed by atoms with Crippen molar-refractivity contribution in [2.75, 3.05) is 13.2 Å². The molecule has 1 N–H and O–H groups in total. The van der Waals surface area contributed by atoms with E-state index in [4.69, 9.17) is 32.7 Å². The largest absolute Gasteiger partial charge is 0.478 e. The van der Waals surface area contributed by atoms with Gasteiger partial charge in [0, 0.05) is 33.2 Å². The molecule has 0 bridgehead atoms. The number of nitrogens with one attached hydrogen (secondary N) is 1. The Morgan fingerprint density at radius 2 is 1.77 bits per heavy atom. The van der Waals surface area contributed by atoms with E-state index >= 15 is 0 Å². The Hall–Kier alpha value is -3.09. The number of ether oxygens (including phenoxy) is 2. The summed E-state index contributed by atoms with van der Waals surface area (Å²) in [6.45, 7) is 2.81. The van der Waals surface area contributed by atoms with Gasteiger partial charge < -0.3 is 14.5 Å². The summed E-state index contributed by atoms with van der Waals surface area (Å²) in [5.74, 6) is -0.756. The summed E-state index contributed by atoms with van der Waals surface area (Å²) in [7, 11) is 0. The number of ketones is 1. The van der Waals surface area contributed by atoms with Gasteiger partial charge >= 0.3 is 5.97 Å². The monoisotopic (exact) mass is 456 g/mol. The van der Waals surface area contributed by atoms with Crippen molar-refractivity contribution in [3.05, 3.63) is 69.5 Å². The fourth-order valence-electron chi connectivity index (χ4n) is 3.45. The van der Waals surface area contributed by atoms with Crippen molar-refractivity contribution >= 4 is 56.8 Å². The molecule has 0 saturated heterocycles. The predicted octanol–water partition coefficient (Wildman–Crippen LogP) is 5.44. The SMILES string of the molecule is Cc1ccc2c(Cl)cc(Cl)c(OCC(=O)OCC(=O)c3c(C)[nH]c4ccccc34)c2n1. The summed E-state index contributed by atoms with van der Waals surface area (Å²) in [5, 5.41) is 2.11. The molecule has 0 unspecified atom stereocenters. The van der Waals surface area contributed by atoms with Crippen LogP contribution in [0.3, 0.4) is 0 Å². The molecule has 0 amide bonds. The van der Waals surface area contributed by atoms with Gasteiger partial charge in [0.25, 0.3) is 0 Å². The molecule has 0 spiro atoms. The van der Waals surface area contributed by atoms with E-state index in [1.165, 1.54) is 6.07 Å². The van der Waals surface area contributed by atoms with E-state index in [0.717, 1.165) is 22.3 Å². The lowest BCUT2D eigenvalue weighted by Gasteiger charge is -2.12. The third kappa shape index (κ3) is 4.22. The fraction of sp³-hybridized carbons (Fsp3) is 0.174. The van der Waals surface area contributed by atoms with Gasteiger partial charge in [0.2, 0.25) is 5.78 Å². The number of hydrogen-bond donors (Lipinski definition) is 1. The number of aryl methyl sites for hydroxylation is 2. The molecule has 0 radical (unpaired) electrons. The molecule has 0 fully saturated rings. The number of carbonyl (C=O) groups is 2. The lowest BCUT2D eigenvalue weighted by atomic mass is 10.1. The van der Waals surface area contributed by atoms with Crippen molar-refractivity contribution in [1.82, 2.24) is 9.97 Å². The van der Waals surface area contributed by atoms with Crippen LogP contribution in [0.5, 0.6) is 5.75 Å². The molecule has 6 nitrogen and oxygen atoms in total. The maximum absolute atomic E-state index is 12.6. The number of esters is 1. The van der Waals surface area contributed by atoms with Crippen LogP contribution in [0.15, 0.2) is 42.5 Å². The Bertz CT molecular complexity index is 1330. The molecule has 0 aliphatic heterocycles. The van der Waals surface area contributed by atoms with Crippen LogP contribution in [0, 0.1) is 13.8 Å². The Morgan fingerprint density at radius 1 is 1.00 bits per heavy atom. The molecule has 0 atom stereocenters. The van der Waals surface area contributed by atoms with Gasteiger partial charge in [-0.05, 0) is 38.1 Å². The van der Waals surface area contributed by atoms with Gasteiger partial charge in [-0.25, -0.2) is 9.78 Å². The maximum Gasteiger partial charge on any atom is 0.344 e. The van der Waals surface area contributed by atoms with Crippen molar-refractivity contribution in [2.24, 2.45) is 0 Å². The lowest BCUT2D eigenvalue weighted by Crippen LogP contribution is -2.20. The van der Waals surface area contributed by atoms with Crippen molar-refractivity contribution in [3.63, 3.8) is 0 Å². The minimum Gasteiger partial charge on any atom is -0.478 e. The second kappa shape index (κ2) is 8.57. The number of hydrogen-bond acceptors (Lipinski definition) is 5. The number of rotatable bonds is 6. The molecule has 158 valence electrons. The van der Waals surface area contributed by atoms with Gasteiger partial charge in [0.05, 0.1) is 10.0 Å². The van der Waals surface area contributed by atoms with Crippen LogP contribution in [-0.2, 0) is 9.53 Å². The number of halogens is 2. The molecule has 0 aliphatic rings. The van der Waals surface area contributed by atoms with Crippen LogP contribution < -0.4 is 4.74 Å². The number of nitrogens with zero attached hydrogens (tertiary/aromatic N) is 1. The quantitative estimate of drug-likeness (QED) is 0.308. The first-order chi connectivity index (χ1) is 14.8. The fourth-order valence-corrected chi connectivity index (χ4v) is 4.03. The van der Waals surface area contributed by atoms with E-state index in [1.807, 2.05) is 43.3 Å². The van der Waals surface area contributed by atoms with Gasteiger partial charge in [-0.15, -0.1) is 0 Å². The first-order valence-electron chi connectivity index (χ1n) is 9.49. The number of aromatic nitrogens is 2. The van der Waals surface area contributed by atoms with Gasteiger partial charge in [-0.1, -0.05) is 41.4 Å². The third-order valence-electron chi connectivity index (χ3n) is 4.85. The molecular formula is C23H18Cl2N2O4. The molecule has 31 heavy (non-hydrogen) atoms. The number of pyridine rings is 1. The van der Waals surface area contributed by atoms with E-state index in [0.29, 0.717) is 21.5 Å². The first-order valence-corrected chi connectivity index (χ1v) is 10.2. The number of para-hydroxylation sites is 1. The zero-order valence-electron chi connectivity index (χ0n) is 16.8. The summed E-state index contributed by atoms with van der Waals surface area (Å²) in [5.41, 5.74) is 3.29. The molecule has 4 aromatic rings. The number of benzene rings is 2. The zero-order chi connectivity index (χ0) is 22.1. The molecule has 2 aromatic carbocycles. The molecule has 0 aliphatic carbocycles. The molecule has 0 saturated carbocycles. The Balaban J connectivity index is 1.45. The van der Waals surface area contributed by atoms with Crippen LogP contribution in [-0.4, -0.2) is 34.9 Å². The number of Topliss-reactive ketones (excluding diaryl/α,β-unsaturated/α-hetero) is 1. The van der Waals surface area contributed by atoms with Crippen molar-refractivity contribution in [3.8, 4) is 5.75 Å². The Kier molecular flexibility index (Phi) is 5.85. The molecule has 2 heterocycles.